The third kappa shape index (κ3) is 2.38. The molecule has 0 spiro atoms. The summed E-state index contributed by atoms with van der Waals surface area (Å²) < 4.78 is 0. The smallest absolute Gasteiger partial charge is 0.290 e. The number of halogens is 1. The average Bonchev–Trinajstić information content (AvgIpc) is 2.30. The molecule has 4 nitrogen and oxygen atoms in total. The first-order valence-electron chi connectivity index (χ1n) is 5.61. The highest BCUT2D eigenvalue weighted by atomic mass is 35.5. The number of hydrogen-bond acceptors (Lipinski definition) is 3. The maximum Gasteiger partial charge on any atom is 0.290 e. The van der Waals surface area contributed by atoms with Gasteiger partial charge in [0.15, 0.2) is 5.82 Å². The van der Waals surface area contributed by atoms with Gasteiger partial charge in [-0.05, 0) is 25.7 Å². The van der Waals surface area contributed by atoms with Crippen LogP contribution in [-0.4, -0.2) is 28.4 Å². The van der Waals surface area contributed by atoms with Gasteiger partial charge in [-0.25, -0.2) is 4.98 Å². The molecule has 0 amide bonds. The number of nitrogens with zero attached hydrogens (tertiary/aromatic N) is 2. The van der Waals surface area contributed by atoms with E-state index < -0.39 is 0 Å². The summed E-state index contributed by atoms with van der Waals surface area (Å²) in [7, 11) is 0. The molecule has 1 unspecified atom stereocenters. The second-order valence-corrected chi connectivity index (χ2v) is 4.93. The molecule has 0 saturated carbocycles. The fourth-order valence-electron chi connectivity index (χ4n) is 2.14. The minimum atomic E-state index is -0.111. The molecule has 0 aliphatic carbocycles. The molecule has 1 aromatic rings. The van der Waals surface area contributed by atoms with E-state index in [1.807, 2.05) is 11.8 Å². The molecule has 2 rings (SSSR count). The number of nitrogens with one attached hydrogen (secondary N) is 1. The highest BCUT2D eigenvalue weighted by molar-refractivity contribution is 6.20. The molecule has 88 valence electrons. The van der Waals surface area contributed by atoms with Crippen LogP contribution in [0.1, 0.15) is 19.8 Å². The zero-order chi connectivity index (χ0) is 11.5. The Morgan fingerprint density at radius 1 is 1.56 bits per heavy atom. The number of piperidine rings is 1. The Kier molecular flexibility index (Phi) is 3.49. The molecule has 0 radical (unpaired) electrons. The number of aromatic nitrogens is 2. The Bertz CT molecular complexity index is 396. The quantitative estimate of drug-likeness (QED) is 0.801. The Labute approximate surface area is 99.6 Å². The van der Waals surface area contributed by atoms with Crippen molar-refractivity contribution in [1.29, 1.82) is 0 Å². The van der Waals surface area contributed by atoms with Crippen LogP contribution in [0, 0.1) is 5.92 Å². The fraction of sp³-hybridized carbons (Fsp3) is 0.636. The monoisotopic (exact) mass is 241 g/mol. The molecule has 1 aromatic heterocycles. The van der Waals surface area contributed by atoms with Crippen molar-refractivity contribution in [2.75, 3.05) is 18.0 Å². The third-order valence-electron chi connectivity index (χ3n) is 3.18. The molecular weight excluding hydrogens is 226 g/mol. The van der Waals surface area contributed by atoms with Crippen molar-refractivity contribution in [1.82, 2.24) is 9.97 Å². The van der Waals surface area contributed by atoms with Gasteiger partial charge < -0.3 is 9.88 Å². The molecule has 16 heavy (non-hydrogen) atoms. The van der Waals surface area contributed by atoms with E-state index in [0.29, 0.717) is 11.7 Å². The van der Waals surface area contributed by atoms with Crippen LogP contribution in [0.15, 0.2) is 17.2 Å². The molecule has 1 aliphatic rings. The lowest BCUT2D eigenvalue weighted by Crippen LogP contribution is -2.39. The lowest BCUT2D eigenvalue weighted by Gasteiger charge is -2.33. The van der Waals surface area contributed by atoms with Gasteiger partial charge in [0.05, 0.1) is 0 Å². The van der Waals surface area contributed by atoms with Crippen LogP contribution in [0.2, 0.25) is 0 Å². The van der Waals surface area contributed by atoms with Gasteiger partial charge in [-0.1, -0.05) is 0 Å². The Morgan fingerprint density at radius 3 is 2.81 bits per heavy atom. The zero-order valence-corrected chi connectivity index (χ0v) is 10.1. The number of anilines is 1. The second kappa shape index (κ2) is 4.87. The molecule has 1 aliphatic heterocycles. The Hall–Kier alpha value is -1.03. The van der Waals surface area contributed by atoms with E-state index in [0.717, 1.165) is 25.9 Å². The molecule has 1 atom stereocenters. The molecule has 0 bridgehead atoms. The minimum absolute atomic E-state index is 0.111. The lowest BCUT2D eigenvalue weighted by molar-refractivity contribution is 0.398. The Balaban J connectivity index is 2.05. The van der Waals surface area contributed by atoms with E-state index in [-0.39, 0.29) is 10.9 Å². The van der Waals surface area contributed by atoms with Gasteiger partial charge in [-0.3, -0.25) is 4.79 Å². The van der Waals surface area contributed by atoms with Crippen molar-refractivity contribution in [2.45, 2.75) is 25.1 Å². The van der Waals surface area contributed by atoms with Crippen LogP contribution < -0.4 is 10.5 Å². The topological polar surface area (TPSA) is 49.0 Å². The number of hydrogen-bond donors (Lipinski definition) is 1. The predicted molar refractivity (Wildman–Crippen MR) is 65.1 cm³/mol. The normalized spacial score (nSPS) is 19.8. The number of aromatic amines is 1. The van der Waals surface area contributed by atoms with Crippen LogP contribution in [0.3, 0.4) is 0 Å². The molecule has 5 heteroatoms. The van der Waals surface area contributed by atoms with Crippen molar-refractivity contribution >= 4 is 17.4 Å². The van der Waals surface area contributed by atoms with Gasteiger partial charge in [0.1, 0.15) is 0 Å². The van der Waals surface area contributed by atoms with Gasteiger partial charge in [0, 0.05) is 30.9 Å². The van der Waals surface area contributed by atoms with Crippen LogP contribution in [-0.2, 0) is 0 Å². The van der Waals surface area contributed by atoms with E-state index in [2.05, 4.69) is 9.97 Å². The van der Waals surface area contributed by atoms with E-state index in [1.165, 1.54) is 0 Å². The van der Waals surface area contributed by atoms with Gasteiger partial charge in [-0.15, -0.1) is 11.6 Å². The first kappa shape index (κ1) is 11.5. The number of rotatable bonds is 2. The summed E-state index contributed by atoms with van der Waals surface area (Å²) in [6, 6.07) is 0. The molecule has 1 N–H and O–H groups in total. The van der Waals surface area contributed by atoms with Crippen LogP contribution in [0.5, 0.6) is 0 Å². The first-order chi connectivity index (χ1) is 7.68. The molecular formula is C11H16ClN3O. The third-order valence-corrected chi connectivity index (χ3v) is 3.53. The molecule has 1 saturated heterocycles. The van der Waals surface area contributed by atoms with Gasteiger partial charge in [0.2, 0.25) is 0 Å². The standard InChI is InChI=1S/C11H16ClN3O/c1-8(12)9-2-6-15(7-3-9)10-11(16)14-5-4-13-10/h4-5,8-9H,2-3,6-7H2,1H3,(H,14,16). The van der Waals surface area contributed by atoms with Crippen molar-refractivity contribution in [3.63, 3.8) is 0 Å². The molecule has 1 fully saturated rings. The van der Waals surface area contributed by atoms with E-state index in [9.17, 15) is 4.79 Å². The van der Waals surface area contributed by atoms with Crippen LogP contribution in [0.25, 0.3) is 0 Å². The molecule has 0 aromatic carbocycles. The molecule has 2 heterocycles. The largest absolute Gasteiger partial charge is 0.352 e. The number of H-pyrrole nitrogens is 1. The lowest BCUT2D eigenvalue weighted by atomic mass is 9.94. The summed E-state index contributed by atoms with van der Waals surface area (Å²) in [5.41, 5.74) is -0.111. The van der Waals surface area contributed by atoms with Crippen molar-refractivity contribution in [3.8, 4) is 0 Å². The van der Waals surface area contributed by atoms with Gasteiger partial charge >= 0.3 is 0 Å². The Morgan fingerprint density at radius 2 is 2.25 bits per heavy atom. The average molecular weight is 242 g/mol. The first-order valence-corrected chi connectivity index (χ1v) is 6.05. The maximum atomic E-state index is 11.5. The van der Waals surface area contributed by atoms with Crippen molar-refractivity contribution in [3.05, 3.63) is 22.7 Å². The summed E-state index contributed by atoms with van der Waals surface area (Å²) in [6.07, 6.45) is 5.23. The fourth-order valence-corrected chi connectivity index (χ4v) is 2.39. The van der Waals surface area contributed by atoms with Gasteiger partial charge in [0.25, 0.3) is 5.56 Å². The second-order valence-electron chi connectivity index (χ2n) is 4.24. The van der Waals surface area contributed by atoms with E-state index in [1.54, 1.807) is 12.4 Å². The SMILES string of the molecule is CC(Cl)C1CCN(c2ncc[nH]c2=O)CC1. The maximum absolute atomic E-state index is 11.5. The van der Waals surface area contributed by atoms with E-state index in [4.69, 9.17) is 11.6 Å². The predicted octanol–water partition coefficient (Wildman–Crippen LogP) is 1.61. The van der Waals surface area contributed by atoms with Crippen LogP contribution in [0.4, 0.5) is 5.82 Å². The zero-order valence-electron chi connectivity index (χ0n) is 9.32. The summed E-state index contributed by atoms with van der Waals surface area (Å²) in [4.78, 5) is 20.4. The summed E-state index contributed by atoms with van der Waals surface area (Å²) in [5.74, 6) is 1.09. The summed E-state index contributed by atoms with van der Waals surface area (Å²) in [5, 5.41) is 0.212. The highest BCUT2D eigenvalue weighted by Gasteiger charge is 2.24. The highest BCUT2D eigenvalue weighted by Crippen LogP contribution is 2.24. The van der Waals surface area contributed by atoms with Crippen molar-refractivity contribution < 1.29 is 0 Å². The van der Waals surface area contributed by atoms with Gasteiger partial charge in [-0.2, -0.15) is 0 Å². The minimum Gasteiger partial charge on any atom is -0.352 e. The number of alkyl halides is 1. The van der Waals surface area contributed by atoms with E-state index >= 15 is 0 Å². The van der Waals surface area contributed by atoms with Crippen LogP contribution >= 0.6 is 11.6 Å². The summed E-state index contributed by atoms with van der Waals surface area (Å²) in [6.45, 7) is 3.76. The summed E-state index contributed by atoms with van der Waals surface area (Å²) >= 11 is 6.08. The van der Waals surface area contributed by atoms with Crippen molar-refractivity contribution in [2.24, 2.45) is 5.92 Å².